The van der Waals surface area contributed by atoms with E-state index in [1.807, 2.05) is 24.3 Å². The van der Waals surface area contributed by atoms with Crippen LogP contribution in [0.25, 0.3) is 0 Å². The quantitative estimate of drug-likeness (QED) is 0.236. The number of benzene rings is 2. The minimum absolute atomic E-state index is 0.00449. The Hall–Kier alpha value is -3.58. The molecule has 2 aromatic carbocycles. The van der Waals surface area contributed by atoms with Crippen molar-refractivity contribution in [3.8, 4) is 5.75 Å². The van der Waals surface area contributed by atoms with E-state index in [2.05, 4.69) is 10.6 Å². The Balaban J connectivity index is 0.845. The molecule has 11 nitrogen and oxygen atoms in total. The van der Waals surface area contributed by atoms with Crippen LogP contribution in [0.3, 0.4) is 0 Å². The Morgan fingerprint density at radius 3 is 2.37 bits per heavy atom. The number of hydrogen-bond donors (Lipinski definition) is 3. The molecule has 51 heavy (non-hydrogen) atoms. The number of carbonyl (C=O) groups is 3. The molecule has 5 saturated carbocycles. The van der Waals surface area contributed by atoms with Gasteiger partial charge in [-0.3, -0.25) is 9.59 Å². The molecule has 274 valence electrons. The third-order valence-corrected chi connectivity index (χ3v) is 12.4. The van der Waals surface area contributed by atoms with Crippen LogP contribution in [0.1, 0.15) is 105 Å². The van der Waals surface area contributed by atoms with Crippen molar-refractivity contribution in [1.82, 2.24) is 15.5 Å². The zero-order valence-electron chi connectivity index (χ0n) is 29.1. The fourth-order valence-corrected chi connectivity index (χ4v) is 10.1. The van der Waals surface area contributed by atoms with Gasteiger partial charge in [0.05, 0.1) is 0 Å². The number of nitrogens with one attached hydrogen (secondary N) is 2. The van der Waals surface area contributed by atoms with Crippen LogP contribution in [0.2, 0.25) is 0 Å². The predicted molar refractivity (Wildman–Crippen MR) is 184 cm³/mol. The number of rotatable bonds is 8. The summed E-state index contributed by atoms with van der Waals surface area (Å²) in [7, 11) is 0. The highest BCUT2D eigenvalue weighted by Gasteiger charge is 2.70. The van der Waals surface area contributed by atoms with Gasteiger partial charge in [-0.05, 0) is 118 Å². The number of hydrogen-bond acceptors (Lipinski definition) is 8. The number of ether oxygens (including phenoxy) is 2. The normalized spacial score (nSPS) is 34.2. The summed E-state index contributed by atoms with van der Waals surface area (Å²) in [5, 5.41) is 6.23. The molecule has 2 heterocycles. The number of halogens is 1. The van der Waals surface area contributed by atoms with Gasteiger partial charge in [0.15, 0.2) is 0 Å². The molecule has 9 rings (SSSR count). The molecule has 12 heteroatoms. The highest BCUT2D eigenvalue weighted by molar-refractivity contribution is 5.94. The van der Waals surface area contributed by atoms with Crippen LogP contribution in [0.4, 0.5) is 9.18 Å². The summed E-state index contributed by atoms with van der Waals surface area (Å²) in [6.07, 6.45) is 10.0. The lowest BCUT2D eigenvalue weighted by Crippen LogP contribution is -2.69. The summed E-state index contributed by atoms with van der Waals surface area (Å²) in [5.74, 6) is -0.774. The molecular formula is C39H49FN4O7. The topological polar surface area (TPSA) is 141 Å². The van der Waals surface area contributed by atoms with E-state index >= 15 is 0 Å². The van der Waals surface area contributed by atoms with Gasteiger partial charge in [0, 0.05) is 67.9 Å². The second kappa shape index (κ2) is 13.8. The summed E-state index contributed by atoms with van der Waals surface area (Å²) in [4.78, 5) is 52.5. The zero-order valence-corrected chi connectivity index (χ0v) is 29.1. The smallest absolute Gasteiger partial charge is 0.410 e. The van der Waals surface area contributed by atoms with E-state index in [0.717, 1.165) is 69.8 Å². The van der Waals surface area contributed by atoms with Crippen molar-refractivity contribution in [2.45, 2.75) is 113 Å². The summed E-state index contributed by atoms with van der Waals surface area (Å²) >= 11 is 0. The minimum atomic E-state index is -0.812. The van der Waals surface area contributed by atoms with Crippen molar-refractivity contribution >= 4 is 17.9 Å². The van der Waals surface area contributed by atoms with E-state index in [1.54, 1.807) is 4.90 Å². The number of nitrogens with two attached hydrogens (primary N) is 1. The van der Waals surface area contributed by atoms with Crippen molar-refractivity contribution in [3.05, 3.63) is 65.5 Å². The summed E-state index contributed by atoms with van der Waals surface area (Å²) in [5.41, 5.74) is 7.25. The van der Waals surface area contributed by atoms with Gasteiger partial charge in [0.25, 0.3) is 5.91 Å². The van der Waals surface area contributed by atoms with Crippen LogP contribution in [0.15, 0.2) is 48.5 Å². The van der Waals surface area contributed by atoms with Gasteiger partial charge in [-0.15, -0.1) is 0 Å². The van der Waals surface area contributed by atoms with Crippen LogP contribution in [0.5, 0.6) is 5.75 Å². The van der Waals surface area contributed by atoms with Crippen molar-refractivity contribution in [2.75, 3.05) is 19.6 Å². The van der Waals surface area contributed by atoms with Gasteiger partial charge < -0.3 is 30.7 Å². The first-order valence-electron chi connectivity index (χ1n) is 18.9. The molecule has 0 radical (unpaired) electrons. The Morgan fingerprint density at radius 2 is 1.65 bits per heavy atom. The maximum atomic E-state index is 13.2. The fourth-order valence-electron chi connectivity index (χ4n) is 10.1. The van der Waals surface area contributed by atoms with Crippen molar-refractivity contribution in [1.29, 1.82) is 0 Å². The summed E-state index contributed by atoms with van der Waals surface area (Å²) in [6.45, 7) is 1.60. The molecule has 2 aromatic rings. The average Bonchev–Trinajstić information content (AvgIpc) is 3.48. The molecule has 3 amide bonds. The fraction of sp³-hybridized carbons (Fsp3) is 0.615. The molecule has 2 saturated heterocycles. The Labute approximate surface area is 298 Å². The average molecular weight is 705 g/mol. The van der Waals surface area contributed by atoms with Crippen LogP contribution < -0.4 is 21.1 Å². The lowest BCUT2D eigenvalue weighted by molar-refractivity contribution is -0.391. The predicted octanol–water partition coefficient (Wildman–Crippen LogP) is 5.68. The first kappa shape index (κ1) is 34.5. The Bertz CT molecular complexity index is 1600. The van der Waals surface area contributed by atoms with E-state index in [1.165, 1.54) is 24.3 Å². The largest absolute Gasteiger partial charge is 0.415 e. The molecule has 5 aliphatic carbocycles. The maximum Gasteiger partial charge on any atom is 0.415 e. The minimum Gasteiger partial charge on any atom is -0.410 e. The highest BCUT2D eigenvalue weighted by Crippen LogP contribution is 2.65. The molecule has 7 fully saturated rings. The molecular weight excluding hydrogens is 655 g/mol. The van der Waals surface area contributed by atoms with E-state index in [4.69, 9.17) is 25.0 Å². The van der Waals surface area contributed by atoms with Gasteiger partial charge in [-0.25, -0.2) is 9.18 Å². The van der Waals surface area contributed by atoms with E-state index in [0.29, 0.717) is 56.1 Å². The number of carbonyl (C=O) groups excluding carboxylic acids is 3. The van der Waals surface area contributed by atoms with Gasteiger partial charge in [-0.2, -0.15) is 9.78 Å². The SMILES string of the molecule is NC1CCN(C(=O)Oc2ccc([C@@H]3CCC[C@]4(C3)OO[C@@]3(O4)[C@@H]4CC5C[C@H]3CC(NC(=O)CCCNC(=O)c3ccc(F)cc3)(C5)C4)cc2)CC1. The van der Waals surface area contributed by atoms with Crippen molar-refractivity contribution < 1.29 is 38.0 Å². The molecule has 2 aliphatic heterocycles. The zero-order chi connectivity index (χ0) is 35.2. The Kier molecular flexibility index (Phi) is 9.31. The van der Waals surface area contributed by atoms with Crippen LogP contribution in [-0.2, 0) is 19.3 Å². The molecule has 4 N–H and O–H groups in total. The van der Waals surface area contributed by atoms with Gasteiger partial charge in [-0.1, -0.05) is 12.1 Å². The molecule has 7 aliphatic rings. The summed E-state index contributed by atoms with van der Waals surface area (Å²) in [6, 6.07) is 13.4. The van der Waals surface area contributed by atoms with Crippen molar-refractivity contribution in [3.63, 3.8) is 0 Å². The second-order valence-electron chi connectivity index (χ2n) is 16.0. The number of amides is 3. The number of piperidine rings is 1. The summed E-state index contributed by atoms with van der Waals surface area (Å²) < 4.78 is 25.9. The molecule has 7 atom stereocenters. The monoisotopic (exact) mass is 704 g/mol. The molecule has 2 spiro atoms. The van der Waals surface area contributed by atoms with Crippen molar-refractivity contribution in [2.24, 2.45) is 23.5 Å². The third-order valence-electron chi connectivity index (χ3n) is 12.4. The van der Waals surface area contributed by atoms with Gasteiger partial charge in [0.2, 0.25) is 17.5 Å². The lowest BCUT2D eigenvalue weighted by Gasteiger charge is -2.62. The standard InChI is InChI=1S/C39H49FN4O7/c40-31-9-5-27(6-10-31)35(46)42-16-2-4-34(45)43-37-21-25-19-29(23-37)39(30(20-25)24-37)49-38(50-51-39)15-1-3-28(22-38)26-7-11-33(12-8-26)48-36(47)44-17-13-32(41)14-18-44/h5-12,25,28-30,32H,1-4,13-24,41H2,(H,42,46)(H,43,45)/t25?,28-,29-,30+,37?,38-,39+/m1/s1. The van der Waals surface area contributed by atoms with Crippen LogP contribution in [0, 0.1) is 23.6 Å². The molecule has 0 aromatic heterocycles. The van der Waals surface area contributed by atoms with Crippen LogP contribution >= 0.6 is 0 Å². The third kappa shape index (κ3) is 7.00. The number of likely N-dealkylation sites (tertiary alicyclic amines) is 1. The van der Waals surface area contributed by atoms with E-state index < -0.39 is 11.6 Å². The van der Waals surface area contributed by atoms with E-state index in [-0.39, 0.29) is 53.1 Å². The first-order chi connectivity index (χ1) is 24.6. The maximum absolute atomic E-state index is 13.2. The molecule has 4 bridgehead atoms. The number of nitrogens with zero attached hydrogens (tertiary/aromatic N) is 1. The Morgan fingerprint density at radius 1 is 0.922 bits per heavy atom. The first-order valence-corrected chi connectivity index (χ1v) is 18.9. The molecule has 2 unspecified atom stereocenters. The second-order valence-corrected chi connectivity index (χ2v) is 16.0. The highest BCUT2D eigenvalue weighted by atomic mass is 19.1. The lowest BCUT2D eigenvalue weighted by atomic mass is 9.50. The van der Waals surface area contributed by atoms with Gasteiger partial charge >= 0.3 is 6.09 Å². The van der Waals surface area contributed by atoms with E-state index in [9.17, 15) is 18.8 Å². The van der Waals surface area contributed by atoms with Gasteiger partial charge in [0.1, 0.15) is 11.6 Å². The van der Waals surface area contributed by atoms with Crippen LogP contribution in [-0.4, -0.2) is 65.6 Å².